The third-order valence-corrected chi connectivity index (χ3v) is 5.88. The summed E-state index contributed by atoms with van der Waals surface area (Å²) in [6, 6.07) is 7.44. The van der Waals surface area contributed by atoms with E-state index in [4.69, 9.17) is 0 Å². The Morgan fingerprint density at radius 2 is 2.12 bits per heavy atom. The van der Waals surface area contributed by atoms with E-state index in [2.05, 4.69) is 27.3 Å². The standard InChI is InChI=1S/C17H24N4O3S.ClH/c1-12-11-13(8-10-18-12)20-16(22)7-4-9-19-17-14-5-2-3-6-15(14)25(23,24)21-17;/h2-3,5-6,12-13,18H,4,7-11H2,1H3,(H,19,21)(H,20,22);1H. The molecule has 2 atom stereocenters. The molecule has 0 bridgehead atoms. The molecule has 0 saturated carbocycles. The van der Waals surface area contributed by atoms with Crippen molar-refractivity contribution in [3.63, 3.8) is 0 Å². The molecule has 2 aliphatic rings. The fourth-order valence-electron chi connectivity index (χ4n) is 3.24. The molecule has 2 heterocycles. The van der Waals surface area contributed by atoms with Crippen molar-refractivity contribution in [1.29, 1.82) is 0 Å². The van der Waals surface area contributed by atoms with Crippen molar-refractivity contribution in [2.75, 3.05) is 13.1 Å². The first-order valence-electron chi connectivity index (χ1n) is 8.65. The van der Waals surface area contributed by atoms with Crippen molar-refractivity contribution in [3.05, 3.63) is 29.8 Å². The lowest BCUT2D eigenvalue weighted by Gasteiger charge is -2.28. The molecule has 0 aromatic heterocycles. The zero-order valence-corrected chi connectivity index (χ0v) is 16.3. The quantitative estimate of drug-likeness (QED) is 0.646. The van der Waals surface area contributed by atoms with Crippen molar-refractivity contribution >= 4 is 34.2 Å². The number of amidine groups is 1. The molecule has 1 amide bonds. The van der Waals surface area contributed by atoms with Crippen LogP contribution in [0.4, 0.5) is 0 Å². The zero-order chi connectivity index (χ0) is 17.9. The van der Waals surface area contributed by atoms with Crippen LogP contribution in [-0.4, -0.2) is 45.3 Å². The van der Waals surface area contributed by atoms with Crippen LogP contribution in [0.1, 0.15) is 38.2 Å². The van der Waals surface area contributed by atoms with Crippen molar-refractivity contribution in [1.82, 2.24) is 15.4 Å². The van der Waals surface area contributed by atoms with Crippen LogP contribution in [0.5, 0.6) is 0 Å². The summed E-state index contributed by atoms with van der Waals surface area (Å²) >= 11 is 0. The highest BCUT2D eigenvalue weighted by atomic mass is 35.5. The number of nitrogens with zero attached hydrogens (tertiary/aromatic N) is 1. The maximum atomic E-state index is 12.0. The summed E-state index contributed by atoms with van der Waals surface area (Å²) < 4.78 is 26.5. The molecule has 26 heavy (non-hydrogen) atoms. The van der Waals surface area contributed by atoms with Crippen LogP contribution in [0.15, 0.2) is 34.2 Å². The number of amides is 1. The van der Waals surface area contributed by atoms with E-state index in [1.54, 1.807) is 24.3 Å². The second-order valence-electron chi connectivity index (χ2n) is 6.58. The number of carbonyl (C=O) groups is 1. The predicted octanol–water partition coefficient (Wildman–Crippen LogP) is 1.18. The highest BCUT2D eigenvalue weighted by Gasteiger charge is 2.29. The molecule has 1 aromatic carbocycles. The Bertz CT molecular complexity index is 782. The minimum absolute atomic E-state index is 0. The lowest BCUT2D eigenvalue weighted by Crippen LogP contribution is -2.46. The van der Waals surface area contributed by atoms with Gasteiger partial charge in [0.1, 0.15) is 5.84 Å². The third-order valence-electron chi connectivity index (χ3n) is 4.48. The van der Waals surface area contributed by atoms with Crippen LogP contribution in [-0.2, 0) is 14.8 Å². The summed E-state index contributed by atoms with van der Waals surface area (Å²) in [5.41, 5.74) is 0.593. The van der Waals surface area contributed by atoms with Gasteiger partial charge in [-0.05, 0) is 44.9 Å². The number of piperidine rings is 1. The molecule has 7 nitrogen and oxygen atoms in total. The Morgan fingerprint density at radius 3 is 2.88 bits per heavy atom. The fourth-order valence-corrected chi connectivity index (χ4v) is 4.50. The van der Waals surface area contributed by atoms with Crippen molar-refractivity contribution in [2.45, 2.75) is 49.6 Å². The SMILES string of the molecule is CC1CC(NC(=O)CCCN=C2NS(=O)(=O)c3ccccc32)CCN1.Cl. The van der Waals surface area contributed by atoms with E-state index < -0.39 is 10.0 Å². The minimum atomic E-state index is -3.50. The summed E-state index contributed by atoms with van der Waals surface area (Å²) in [7, 11) is -3.50. The maximum absolute atomic E-state index is 12.0. The van der Waals surface area contributed by atoms with Gasteiger partial charge in [-0.2, -0.15) is 0 Å². The van der Waals surface area contributed by atoms with Crippen molar-refractivity contribution < 1.29 is 13.2 Å². The van der Waals surface area contributed by atoms with E-state index in [1.807, 2.05) is 0 Å². The van der Waals surface area contributed by atoms with E-state index >= 15 is 0 Å². The first-order chi connectivity index (χ1) is 12.0. The van der Waals surface area contributed by atoms with Gasteiger partial charge in [0.15, 0.2) is 0 Å². The van der Waals surface area contributed by atoms with Crippen LogP contribution >= 0.6 is 12.4 Å². The highest BCUT2D eigenvalue weighted by molar-refractivity contribution is 7.90. The van der Waals surface area contributed by atoms with Crippen molar-refractivity contribution in [2.24, 2.45) is 4.99 Å². The summed E-state index contributed by atoms with van der Waals surface area (Å²) in [6.45, 7) is 3.45. The number of benzene rings is 1. The number of fused-ring (bicyclic) bond motifs is 1. The van der Waals surface area contributed by atoms with Crippen LogP contribution in [0.3, 0.4) is 0 Å². The molecule has 0 spiro atoms. The van der Waals surface area contributed by atoms with Crippen molar-refractivity contribution in [3.8, 4) is 0 Å². The zero-order valence-electron chi connectivity index (χ0n) is 14.7. The second kappa shape index (κ2) is 8.83. The number of hydrogen-bond donors (Lipinski definition) is 3. The molecule has 2 unspecified atom stereocenters. The molecule has 2 aliphatic heterocycles. The first-order valence-corrected chi connectivity index (χ1v) is 10.1. The van der Waals surface area contributed by atoms with Crippen LogP contribution in [0.25, 0.3) is 0 Å². The monoisotopic (exact) mass is 400 g/mol. The topological polar surface area (TPSA) is 99.7 Å². The van der Waals surface area contributed by atoms with Crippen LogP contribution < -0.4 is 15.4 Å². The molecular weight excluding hydrogens is 376 g/mol. The van der Waals surface area contributed by atoms with Gasteiger partial charge < -0.3 is 10.6 Å². The van der Waals surface area contributed by atoms with Crippen LogP contribution in [0, 0.1) is 0 Å². The summed E-state index contributed by atoms with van der Waals surface area (Å²) in [4.78, 5) is 16.6. The largest absolute Gasteiger partial charge is 0.353 e. The van der Waals surface area contributed by atoms with E-state index in [-0.39, 0.29) is 29.3 Å². The Balaban J connectivity index is 0.00000243. The number of rotatable bonds is 5. The van der Waals surface area contributed by atoms with Gasteiger partial charge in [-0.15, -0.1) is 12.4 Å². The lowest BCUT2D eigenvalue weighted by atomic mass is 10.0. The lowest BCUT2D eigenvalue weighted by molar-refractivity contribution is -0.122. The molecule has 0 radical (unpaired) electrons. The Hall–Kier alpha value is -1.64. The number of halogens is 1. The number of hydrogen-bond acceptors (Lipinski definition) is 5. The smallest absolute Gasteiger partial charge is 0.263 e. The van der Waals surface area contributed by atoms with E-state index in [9.17, 15) is 13.2 Å². The highest BCUT2D eigenvalue weighted by Crippen LogP contribution is 2.22. The molecule has 3 rings (SSSR count). The average Bonchev–Trinajstić information content (AvgIpc) is 2.83. The third kappa shape index (κ3) is 4.96. The molecule has 0 aliphatic carbocycles. The van der Waals surface area contributed by atoms with E-state index in [1.165, 1.54) is 0 Å². The summed E-state index contributed by atoms with van der Waals surface area (Å²) in [5, 5.41) is 6.43. The Kier molecular flexibility index (Phi) is 7.02. The Labute approximate surface area is 160 Å². The van der Waals surface area contributed by atoms with E-state index in [0.29, 0.717) is 36.8 Å². The molecular formula is C17H25ClN4O3S. The van der Waals surface area contributed by atoms with Gasteiger partial charge in [0.2, 0.25) is 5.91 Å². The van der Waals surface area contributed by atoms with E-state index in [0.717, 1.165) is 19.4 Å². The second-order valence-corrected chi connectivity index (χ2v) is 8.23. The van der Waals surface area contributed by atoms with Gasteiger partial charge in [0.25, 0.3) is 10.0 Å². The van der Waals surface area contributed by atoms with Gasteiger partial charge in [0.05, 0.1) is 4.90 Å². The average molecular weight is 401 g/mol. The first kappa shape index (κ1) is 20.7. The van der Waals surface area contributed by atoms with Gasteiger partial charge >= 0.3 is 0 Å². The number of sulfonamides is 1. The minimum Gasteiger partial charge on any atom is -0.353 e. The van der Waals surface area contributed by atoms with Crippen LogP contribution in [0.2, 0.25) is 0 Å². The molecule has 9 heteroatoms. The molecule has 1 fully saturated rings. The normalized spacial score (nSPS) is 25.0. The maximum Gasteiger partial charge on any atom is 0.263 e. The van der Waals surface area contributed by atoms with Gasteiger partial charge in [-0.3, -0.25) is 14.5 Å². The molecule has 3 N–H and O–H groups in total. The number of carbonyl (C=O) groups excluding carboxylic acids is 1. The summed E-state index contributed by atoms with van der Waals surface area (Å²) in [6.07, 6.45) is 2.88. The fraction of sp³-hybridized carbons (Fsp3) is 0.529. The predicted molar refractivity (Wildman–Crippen MR) is 103 cm³/mol. The number of nitrogens with one attached hydrogen (secondary N) is 3. The molecule has 1 saturated heterocycles. The number of aliphatic imine (C=N–C) groups is 1. The van der Waals surface area contributed by atoms with Gasteiger partial charge in [0, 0.05) is 30.6 Å². The Morgan fingerprint density at radius 1 is 1.35 bits per heavy atom. The molecule has 144 valence electrons. The van der Waals surface area contributed by atoms with Gasteiger partial charge in [-0.1, -0.05) is 12.1 Å². The van der Waals surface area contributed by atoms with Gasteiger partial charge in [-0.25, -0.2) is 8.42 Å². The molecule has 1 aromatic rings. The summed E-state index contributed by atoms with van der Waals surface area (Å²) in [5.74, 6) is 0.398.